The van der Waals surface area contributed by atoms with Gasteiger partial charge in [-0.15, -0.1) is 0 Å². The Labute approximate surface area is 116 Å². The summed E-state index contributed by atoms with van der Waals surface area (Å²) >= 11 is 0. The number of non-ortho nitro benzene ring substituents is 1. The molecular weight excluding hydrogens is 256 g/mol. The van der Waals surface area contributed by atoms with Crippen LogP contribution in [0.2, 0.25) is 0 Å². The molecule has 0 N–H and O–H groups in total. The van der Waals surface area contributed by atoms with Gasteiger partial charge in [0.15, 0.2) is 18.2 Å². The first kappa shape index (κ1) is 13.6. The third kappa shape index (κ3) is 3.35. The number of hydrogen-bond acceptors (Lipinski definition) is 3. The van der Waals surface area contributed by atoms with E-state index in [0.717, 1.165) is 0 Å². The van der Waals surface area contributed by atoms with Crippen molar-refractivity contribution in [1.29, 1.82) is 0 Å². The van der Waals surface area contributed by atoms with Gasteiger partial charge in [0, 0.05) is 18.2 Å². The predicted molar refractivity (Wildman–Crippen MR) is 74.1 cm³/mol. The molecule has 0 saturated carbocycles. The summed E-state index contributed by atoms with van der Waals surface area (Å²) in [6.45, 7) is 0. The maximum absolute atomic E-state index is 12.0. The minimum absolute atomic E-state index is 0.00529. The van der Waals surface area contributed by atoms with E-state index in [-0.39, 0.29) is 11.5 Å². The standard InChI is InChI=1S/C15H13N2O3/c1-16-9-3-5-13(11-16)15(18)8-7-12-4-2-6-14(10-12)17(19)20/h2-11H,1H3/q+1. The van der Waals surface area contributed by atoms with Gasteiger partial charge in [0.05, 0.1) is 10.5 Å². The van der Waals surface area contributed by atoms with Crippen LogP contribution in [-0.2, 0) is 7.05 Å². The van der Waals surface area contributed by atoms with E-state index < -0.39 is 4.92 Å². The normalized spacial score (nSPS) is 10.7. The predicted octanol–water partition coefficient (Wildman–Crippen LogP) is 2.32. The van der Waals surface area contributed by atoms with Crippen molar-refractivity contribution in [3.05, 3.63) is 76.1 Å². The van der Waals surface area contributed by atoms with Crippen LogP contribution in [0.15, 0.2) is 54.9 Å². The summed E-state index contributed by atoms with van der Waals surface area (Å²) in [4.78, 5) is 22.2. The van der Waals surface area contributed by atoms with E-state index in [1.807, 2.05) is 13.2 Å². The van der Waals surface area contributed by atoms with Crippen molar-refractivity contribution >= 4 is 17.5 Å². The van der Waals surface area contributed by atoms with E-state index >= 15 is 0 Å². The Balaban J connectivity index is 2.19. The SMILES string of the molecule is C[n+]1cccc(C(=O)C=Cc2cccc([N+](=O)[O-])c2)c1. The minimum Gasteiger partial charge on any atom is -0.289 e. The third-order valence-electron chi connectivity index (χ3n) is 2.73. The summed E-state index contributed by atoms with van der Waals surface area (Å²) in [5.41, 5.74) is 1.19. The van der Waals surface area contributed by atoms with Crippen molar-refractivity contribution in [3.63, 3.8) is 0 Å². The summed E-state index contributed by atoms with van der Waals surface area (Å²) in [6.07, 6.45) is 6.54. The number of nitro benzene ring substituents is 1. The largest absolute Gasteiger partial charge is 0.289 e. The molecule has 0 amide bonds. The van der Waals surface area contributed by atoms with Crippen LogP contribution in [0.1, 0.15) is 15.9 Å². The fourth-order valence-corrected chi connectivity index (χ4v) is 1.74. The molecule has 0 aliphatic heterocycles. The van der Waals surface area contributed by atoms with Crippen LogP contribution in [0.4, 0.5) is 5.69 Å². The Morgan fingerprint density at radius 2 is 2.10 bits per heavy atom. The fourth-order valence-electron chi connectivity index (χ4n) is 1.74. The molecule has 0 fully saturated rings. The highest BCUT2D eigenvalue weighted by Gasteiger charge is 2.07. The average molecular weight is 269 g/mol. The number of carbonyl (C=O) groups is 1. The smallest absolute Gasteiger partial charge is 0.270 e. The molecule has 2 rings (SSSR count). The highest BCUT2D eigenvalue weighted by molar-refractivity contribution is 6.06. The summed E-state index contributed by atoms with van der Waals surface area (Å²) in [6, 6.07) is 9.65. The van der Waals surface area contributed by atoms with Crippen molar-refractivity contribution < 1.29 is 14.3 Å². The Morgan fingerprint density at radius 1 is 1.30 bits per heavy atom. The summed E-state index contributed by atoms with van der Waals surface area (Å²) < 4.78 is 1.79. The zero-order valence-corrected chi connectivity index (χ0v) is 10.9. The quantitative estimate of drug-likeness (QED) is 0.281. The molecule has 1 heterocycles. The van der Waals surface area contributed by atoms with E-state index in [1.165, 1.54) is 18.2 Å². The van der Waals surface area contributed by atoms with Crippen LogP contribution >= 0.6 is 0 Å². The van der Waals surface area contributed by atoms with Gasteiger partial charge in [-0.05, 0) is 17.7 Å². The molecule has 1 aromatic heterocycles. The van der Waals surface area contributed by atoms with E-state index in [4.69, 9.17) is 0 Å². The fraction of sp³-hybridized carbons (Fsp3) is 0.0667. The van der Waals surface area contributed by atoms with Gasteiger partial charge >= 0.3 is 0 Å². The maximum atomic E-state index is 12.0. The lowest BCUT2D eigenvalue weighted by molar-refractivity contribution is -0.671. The Bertz CT molecular complexity index is 693. The number of aryl methyl sites for hydroxylation is 1. The third-order valence-corrected chi connectivity index (χ3v) is 2.73. The van der Waals surface area contributed by atoms with Gasteiger partial charge in [-0.2, -0.15) is 0 Å². The van der Waals surface area contributed by atoms with Crippen molar-refractivity contribution in [2.24, 2.45) is 7.05 Å². The summed E-state index contributed by atoms with van der Waals surface area (Å²) in [5.74, 6) is -0.146. The van der Waals surface area contributed by atoms with Crippen molar-refractivity contribution in [2.75, 3.05) is 0 Å². The van der Waals surface area contributed by atoms with Crippen molar-refractivity contribution in [3.8, 4) is 0 Å². The van der Waals surface area contributed by atoms with Gasteiger partial charge in [-0.1, -0.05) is 18.2 Å². The van der Waals surface area contributed by atoms with E-state index in [1.54, 1.807) is 41.1 Å². The number of carbonyl (C=O) groups excluding carboxylic acids is 1. The Hall–Kier alpha value is -2.82. The molecule has 0 aliphatic carbocycles. The first-order valence-corrected chi connectivity index (χ1v) is 5.98. The Morgan fingerprint density at radius 3 is 2.80 bits per heavy atom. The number of nitro groups is 1. The number of hydrogen-bond donors (Lipinski definition) is 0. The second-order valence-electron chi connectivity index (χ2n) is 4.31. The number of ketones is 1. The molecule has 20 heavy (non-hydrogen) atoms. The summed E-state index contributed by atoms with van der Waals surface area (Å²) in [7, 11) is 1.83. The van der Waals surface area contributed by atoms with E-state index in [0.29, 0.717) is 11.1 Å². The molecule has 0 aliphatic rings. The zero-order chi connectivity index (χ0) is 14.5. The number of aromatic nitrogens is 1. The second kappa shape index (κ2) is 5.88. The van der Waals surface area contributed by atoms with Gasteiger partial charge in [0.1, 0.15) is 7.05 Å². The van der Waals surface area contributed by atoms with Crippen LogP contribution in [-0.4, -0.2) is 10.7 Å². The topological polar surface area (TPSA) is 64.1 Å². The number of nitrogens with zero attached hydrogens (tertiary/aromatic N) is 2. The molecule has 0 unspecified atom stereocenters. The molecule has 0 radical (unpaired) electrons. The lowest BCUT2D eigenvalue weighted by Crippen LogP contribution is -2.27. The monoisotopic (exact) mass is 269 g/mol. The molecule has 5 nitrogen and oxygen atoms in total. The lowest BCUT2D eigenvalue weighted by Gasteiger charge is -1.95. The van der Waals surface area contributed by atoms with Gasteiger partial charge < -0.3 is 0 Å². The lowest BCUT2D eigenvalue weighted by atomic mass is 10.1. The van der Waals surface area contributed by atoms with Gasteiger partial charge in [0.2, 0.25) is 0 Å². The summed E-state index contributed by atoms with van der Waals surface area (Å²) in [5, 5.41) is 10.7. The van der Waals surface area contributed by atoms with Gasteiger partial charge in [0.25, 0.3) is 5.69 Å². The molecule has 0 saturated heterocycles. The maximum Gasteiger partial charge on any atom is 0.270 e. The first-order valence-electron chi connectivity index (χ1n) is 5.98. The molecule has 0 atom stereocenters. The van der Waals surface area contributed by atoms with Crippen LogP contribution < -0.4 is 4.57 Å². The molecule has 5 heteroatoms. The van der Waals surface area contributed by atoms with Crippen LogP contribution in [0.3, 0.4) is 0 Å². The van der Waals surface area contributed by atoms with Crippen molar-refractivity contribution in [1.82, 2.24) is 0 Å². The molecular formula is C15H13N2O3+. The molecule has 0 spiro atoms. The van der Waals surface area contributed by atoms with E-state index in [2.05, 4.69) is 0 Å². The zero-order valence-electron chi connectivity index (χ0n) is 10.9. The number of allylic oxidation sites excluding steroid dienone is 1. The average Bonchev–Trinajstić information content (AvgIpc) is 2.45. The molecule has 1 aromatic carbocycles. The van der Waals surface area contributed by atoms with Crippen molar-refractivity contribution in [2.45, 2.75) is 0 Å². The Kier molecular flexibility index (Phi) is 4.00. The number of rotatable bonds is 4. The molecule has 100 valence electrons. The molecule has 0 bridgehead atoms. The van der Waals surface area contributed by atoms with Crippen LogP contribution in [0.5, 0.6) is 0 Å². The highest BCUT2D eigenvalue weighted by Crippen LogP contribution is 2.14. The molecule has 2 aromatic rings. The number of pyridine rings is 1. The minimum atomic E-state index is -0.462. The second-order valence-corrected chi connectivity index (χ2v) is 4.31. The first-order chi connectivity index (χ1) is 9.56. The van der Waals surface area contributed by atoms with Gasteiger partial charge in [-0.25, -0.2) is 4.57 Å². The highest BCUT2D eigenvalue weighted by atomic mass is 16.6. The van der Waals surface area contributed by atoms with Crippen LogP contribution in [0.25, 0.3) is 6.08 Å². The number of benzene rings is 1. The van der Waals surface area contributed by atoms with Gasteiger partial charge in [-0.3, -0.25) is 14.9 Å². The van der Waals surface area contributed by atoms with Crippen LogP contribution in [0, 0.1) is 10.1 Å². The van der Waals surface area contributed by atoms with E-state index in [9.17, 15) is 14.9 Å².